The van der Waals surface area contributed by atoms with Gasteiger partial charge in [-0.05, 0) is 43.3 Å². The Kier molecular flexibility index (Phi) is 5.28. The van der Waals surface area contributed by atoms with Crippen molar-refractivity contribution in [3.05, 3.63) is 29.8 Å². The van der Waals surface area contributed by atoms with Crippen molar-refractivity contribution >= 4 is 17.7 Å². The lowest BCUT2D eigenvalue weighted by Crippen LogP contribution is -2.46. The molecule has 1 aliphatic heterocycles. The summed E-state index contributed by atoms with van der Waals surface area (Å²) in [6.45, 7) is 1.65. The van der Waals surface area contributed by atoms with Gasteiger partial charge in [0, 0.05) is 18.5 Å². The molecule has 1 amide bonds. The van der Waals surface area contributed by atoms with Crippen LogP contribution in [0.2, 0.25) is 0 Å². The largest absolute Gasteiger partial charge is 0.340 e. The van der Waals surface area contributed by atoms with Crippen LogP contribution >= 0.6 is 11.8 Å². The van der Waals surface area contributed by atoms with Gasteiger partial charge in [-0.1, -0.05) is 18.6 Å². The van der Waals surface area contributed by atoms with Crippen LogP contribution in [0.1, 0.15) is 24.8 Å². The number of thioether (sulfide) groups is 1. The van der Waals surface area contributed by atoms with E-state index in [1.807, 2.05) is 11.9 Å². The van der Waals surface area contributed by atoms with Crippen molar-refractivity contribution < 1.29 is 4.79 Å². The van der Waals surface area contributed by atoms with E-state index in [4.69, 9.17) is 0 Å². The van der Waals surface area contributed by atoms with Crippen molar-refractivity contribution in [1.29, 1.82) is 0 Å². The summed E-state index contributed by atoms with van der Waals surface area (Å²) in [6, 6.07) is 8.44. The molecule has 1 N–H and O–H groups in total. The van der Waals surface area contributed by atoms with Crippen LogP contribution in [-0.2, 0) is 11.3 Å². The number of piperidine rings is 1. The Morgan fingerprint density at radius 3 is 2.68 bits per heavy atom. The van der Waals surface area contributed by atoms with Crippen molar-refractivity contribution in [3.63, 3.8) is 0 Å². The van der Waals surface area contributed by atoms with Crippen molar-refractivity contribution in [2.24, 2.45) is 0 Å². The highest BCUT2D eigenvalue weighted by molar-refractivity contribution is 7.98. The fraction of sp³-hybridized carbons (Fsp3) is 0.533. The first-order valence-corrected chi connectivity index (χ1v) is 8.04. The zero-order chi connectivity index (χ0) is 13.7. The van der Waals surface area contributed by atoms with Gasteiger partial charge in [-0.3, -0.25) is 4.79 Å². The molecule has 0 unspecified atom stereocenters. The van der Waals surface area contributed by atoms with Gasteiger partial charge < -0.3 is 10.2 Å². The topological polar surface area (TPSA) is 32.3 Å². The summed E-state index contributed by atoms with van der Waals surface area (Å²) in [6.07, 6.45) is 5.37. The number of hydrogen-bond donors (Lipinski definition) is 1. The van der Waals surface area contributed by atoms with E-state index in [2.05, 4.69) is 35.8 Å². The third-order valence-corrected chi connectivity index (χ3v) is 4.31. The monoisotopic (exact) mass is 278 g/mol. The number of carbonyl (C=O) groups excluding carboxylic acids is 1. The van der Waals surface area contributed by atoms with Crippen LogP contribution < -0.4 is 5.32 Å². The van der Waals surface area contributed by atoms with Gasteiger partial charge in [-0.25, -0.2) is 0 Å². The Hall–Kier alpha value is -1.00. The highest BCUT2D eigenvalue weighted by Gasteiger charge is 2.23. The van der Waals surface area contributed by atoms with E-state index in [1.54, 1.807) is 11.8 Å². The molecule has 1 heterocycles. The number of nitrogens with zero attached hydrogens (tertiary/aromatic N) is 1. The van der Waals surface area contributed by atoms with Gasteiger partial charge in [-0.2, -0.15) is 0 Å². The van der Waals surface area contributed by atoms with Gasteiger partial charge >= 0.3 is 0 Å². The molecule has 0 saturated carbocycles. The molecule has 1 atom stereocenters. The maximum Gasteiger partial charge on any atom is 0.239 e. The van der Waals surface area contributed by atoms with E-state index < -0.39 is 0 Å². The normalized spacial score (nSPS) is 19.2. The summed E-state index contributed by atoms with van der Waals surface area (Å²) in [4.78, 5) is 15.4. The number of amides is 1. The predicted octanol–water partition coefficient (Wildman–Crippen LogP) is 2.51. The maximum absolute atomic E-state index is 12.3. The summed E-state index contributed by atoms with van der Waals surface area (Å²) in [7, 11) is 1.89. The van der Waals surface area contributed by atoms with Crippen LogP contribution in [0.25, 0.3) is 0 Å². The standard InChI is InChI=1S/C15H22N2OS/c1-17(15(18)14-5-3-4-10-16-14)11-12-6-8-13(19-2)9-7-12/h6-9,14,16H,3-5,10-11H2,1-2H3/t14-/m0/s1. The van der Waals surface area contributed by atoms with Crippen LogP contribution in [0.3, 0.4) is 0 Å². The summed E-state index contributed by atoms with van der Waals surface area (Å²) in [5.41, 5.74) is 1.18. The molecule has 0 aromatic heterocycles. The highest BCUT2D eigenvalue weighted by Crippen LogP contribution is 2.16. The third-order valence-electron chi connectivity index (χ3n) is 3.56. The van der Waals surface area contributed by atoms with E-state index in [0.717, 1.165) is 19.4 Å². The summed E-state index contributed by atoms with van der Waals surface area (Å²) >= 11 is 1.73. The smallest absolute Gasteiger partial charge is 0.239 e. The molecule has 2 rings (SSSR count). The molecule has 19 heavy (non-hydrogen) atoms. The minimum absolute atomic E-state index is 0.0178. The summed E-state index contributed by atoms with van der Waals surface area (Å²) in [5, 5.41) is 3.31. The van der Waals surface area contributed by atoms with E-state index in [0.29, 0.717) is 6.54 Å². The van der Waals surface area contributed by atoms with Crippen LogP contribution in [0, 0.1) is 0 Å². The van der Waals surface area contributed by atoms with Crippen LogP contribution in [0.4, 0.5) is 0 Å². The van der Waals surface area contributed by atoms with Gasteiger partial charge in [0.1, 0.15) is 0 Å². The number of likely N-dealkylation sites (N-methyl/N-ethyl adjacent to an activating group) is 1. The molecule has 0 radical (unpaired) electrons. The zero-order valence-electron chi connectivity index (χ0n) is 11.7. The van der Waals surface area contributed by atoms with Crippen LogP contribution in [0.15, 0.2) is 29.2 Å². The lowest BCUT2D eigenvalue weighted by atomic mass is 10.0. The molecule has 1 fully saturated rings. The van der Waals surface area contributed by atoms with E-state index in [-0.39, 0.29) is 11.9 Å². The molecule has 1 aliphatic rings. The van der Waals surface area contributed by atoms with Crippen LogP contribution in [-0.4, -0.2) is 36.7 Å². The number of nitrogens with one attached hydrogen (secondary N) is 1. The van der Waals surface area contributed by atoms with Gasteiger partial charge in [-0.15, -0.1) is 11.8 Å². The van der Waals surface area contributed by atoms with Crippen molar-refractivity contribution in [2.75, 3.05) is 19.8 Å². The Bertz CT molecular complexity index is 413. The number of rotatable bonds is 4. The van der Waals surface area contributed by atoms with Gasteiger partial charge in [0.25, 0.3) is 0 Å². The van der Waals surface area contributed by atoms with E-state index in [1.165, 1.54) is 16.9 Å². The fourth-order valence-electron chi connectivity index (χ4n) is 2.41. The molecule has 3 nitrogen and oxygen atoms in total. The Morgan fingerprint density at radius 2 is 2.11 bits per heavy atom. The zero-order valence-corrected chi connectivity index (χ0v) is 12.5. The van der Waals surface area contributed by atoms with Crippen molar-refractivity contribution in [1.82, 2.24) is 10.2 Å². The molecule has 104 valence electrons. The average Bonchev–Trinajstić information content (AvgIpc) is 2.48. The van der Waals surface area contributed by atoms with E-state index >= 15 is 0 Å². The Morgan fingerprint density at radius 1 is 1.37 bits per heavy atom. The molecular formula is C15H22N2OS. The van der Waals surface area contributed by atoms with Crippen LogP contribution in [0.5, 0.6) is 0 Å². The number of carbonyl (C=O) groups is 1. The highest BCUT2D eigenvalue weighted by atomic mass is 32.2. The molecule has 1 aromatic carbocycles. The fourth-order valence-corrected chi connectivity index (χ4v) is 2.82. The van der Waals surface area contributed by atoms with Crippen molar-refractivity contribution in [2.45, 2.75) is 36.7 Å². The minimum Gasteiger partial charge on any atom is -0.340 e. The van der Waals surface area contributed by atoms with E-state index in [9.17, 15) is 4.79 Å². The Labute approximate surface area is 119 Å². The SMILES string of the molecule is CSc1ccc(CN(C)C(=O)[C@@H]2CCCCN2)cc1. The van der Waals surface area contributed by atoms with Gasteiger partial charge in [0.2, 0.25) is 5.91 Å². The minimum atomic E-state index is 0.0178. The molecule has 1 saturated heterocycles. The average molecular weight is 278 g/mol. The molecule has 1 aromatic rings. The molecular weight excluding hydrogens is 256 g/mol. The third kappa shape index (κ3) is 3.98. The first kappa shape index (κ1) is 14.4. The van der Waals surface area contributed by atoms with Crippen molar-refractivity contribution in [3.8, 4) is 0 Å². The lowest BCUT2D eigenvalue weighted by Gasteiger charge is -2.27. The number of benzene rings is 1. The molecule has 0 spiro atoms. The maximum atomic E-state index is 12.3. The summed E-state index contributed by atoms with van der Waals surface area (Å²) in [5.74, 6) is 0.216. The van der Waals surface area contributed by atoms with Gasteiger partial charge in [0.05, 0.1) is 6.04 Å². The first-order valence-electron chi connectivity index (χ1n) is 6.82. The number of hydrogen-bond acceptors (Lipinski definition) is 3. The second-order valence-corrected chi connectivity index (χ2v) is 5.92. The second kappa shape index (κ2) is 6.96. The summed E-state index contributed by atoms with van der Waals surface area (Å²) < 4.78 is 0. The Balaban J connectivity index is 1.91. The molecule has 4 heteroatoms. The lowest BCUT2D eigenvalue weighted by molar-refractivity contribution is -0.133. The molecule has 0 aliphatic carbocycles. The first-order chi connectivity index (χ1) is 9.20. The second-order valence-electron chi connectivity index (χ2n) is 5.04. The quantitative estimate of drug-likeness (QED) is 0.859. The predicted molar refractivity (Wildman–Crippen MR) is 80.3 cm³/mol. The molecule has 0 bridgehead atoms. The van der Waals surface area contributed by atoms with Gasteiger partial charge in [0.15, 0.2) is 0 Å².